The molecule has 0 amide bonds. The van der Waals surface area contributed by atoms with Crippen LogP contribution in [-0.2, 0) is 27.9 Å². The number of aliphatic hydroxyl groups is 5. The normalized spacial score (nSPS) is 23.4. The molecule has 6 N–H and O–H groups in total. The van der Waals surface area contributed by atoms with Crippen LogP contribution in [0.4, 0.5) is 0 Å². The summed E-state index contributed by atoms with van der Waals surface area (Å²) in [5.74, 6) is -0.490. The van der Waals surface area contributed by atoms with E-state index in [1.54, 1.807) is 0 Å². The van der Waals surface area contributed by atoms with Crippen molar-refractivity contribution in [2.45, 2.75) is 217 Å². The predicted octanol–water partition coefficient (Wildman–Crippen LogP) is 8.14. The minimum Gasteiger partial charge on any atom is -0.457 e. The summed E-state index contributed by atoms with van der Waals surface area (Å²) in [6.45, 7) is 4.22. The van der Waals surface area contributed by atoms with E-state index in [0.717, 1.165) is 64.2 Å². The summed E-state index contributed by atoms with van der Waals surface area (Å²) in [4.78, 5) is 23.1. The highest BCUT2D eigenvalue weighted by Gasteiger charge is 2.51. The quantitative estimate of drug-likeness (QED) is 0.0154. The summed E-state index contributed by atoms with van der Waals surface area (Å²) < 4.78 is 34.1. The van der Waals surface area contributed by atoms with Gasteiger partial charge in [-0.3, -0.25) is 13.8 Å². The number of phosphoric ester groups is 1. The first kappa shape index (κ1) is 51.8. The van der Waals surface area contributed by atoms with E-state index in [1.165, 1.54) is 83.5 Å². The van der Waals surface area contributed by atoms with Crippen molar-refractivity contribution in [2.24, 2.45) is 0 Å². The Balaban J connectivity index is 2.44. The van der Waals surface area contributed by atoms with E-state index in [2.05, 4.69) is 38.2 Å². The number of esters is 1. The Labute approximate surface area is 332 Å². The molecule has 1 saturated carbocycles. The molecule has 0 aromatic rings. The number of unbranched alkanes of at least 4 members (excludes halogenated alkanes) is 20. The van der Waals surface area contributed by atoms with Crippen molar-refractivity contribution in [1.29, 1.82) is 0 Å². The Morgan fingerprint density at radius 2 is 1.02 bits per heavy atom. The average molecular weight is 807 g/mol. The van der Waals surface area contributed by atoms with Gasteiger partial charge in [0.2, 0.25) is 0 Å². The van der Waals surface area contributed by atoms with Crippen LogP contribution in [-0.4, -0.2) is 98.9 Å². The largest absolute Gasteiger partial charge is 0.472 e. The molecular formula is C42H79O12P. The van der Waals surface area contributed by atoms with Gasteiger partial charge in [-0.15, -0.1) is 0 Å². The van der Waals surface area contributed by atoms with Gasteiger partial charge in [0.25, 0.3) is 0 Å². The monoisotopic (exact) mass is 807 g/mol. The Kier molecular flexibility index (Phi) is 31.8. The maximum Gasteiger partial charge on any atom is 0.472 e. The molecule has 13 heteroatoms. The van der Waals surface area contributed by atoms with Gasteiger partial charge in [0, 0.05) is 13.0 Å². The fraction of sp³-hybridized carbons (Fsp3) is 0.881. The minimum atomic E-state index is -5.01. The number of rotatable bonds is 36. The maximum atomic E-state index is 12.8. The number of carbonyl (C=O) groups excluding carboxylic acids is 1. The molecule has 0 heterocycles. The zero-order valence-corrected chi connectivity index (χ0v) is 35.1. The Morgan fingerprint density at radius 1 is 0.582 bits per heavy atom. The van der Waals surface area contributed by atoms with Crippen LogP contribution in [0, 0.1) is 0 Å². The molecule has 0 spiro atoms. The highest BCUT2D eigenvalue weighted by Crippen LogP contribution is 2.47. The van der Waals surface area contributed by atoms with E-state index in [9.17, 15) is 39.8 Å². The molecule has 6 unspecified atom stereocenters. The van der Waals surface area contributed by atoms with E-state index in [1.807, 2.05) is 0 Å². The lowest BCUT2D eigenvalue weighted by atomic mass is 9.85. The second-order valence-corrected chi connectivity index (χ2v) is 16.6. The third-order valence-corrected chi connectivity index (χ3v) is 11.1. The van der Waals surface area contributed by atoms with Gasteiger partial charge in [-0.2, -0.15) is 0 Å². The summed E-state index contributed by atoms with van der Waals surface area (Å²) in [5.41, 5.74) is 0. The van der Waals surface area contributed by atoms with Gasteiger partial charge >= 0.3 is 13.8 Å². The van der Waals surface area contributed by atoms with Gasteiger partial charge in [0.1, 0.15) is 42.7 Å². The first-order valence-corrected chi connectivity index (χ1v) is 23.2. The van der Waals surface area contributed by atoms with E-state index in [0.29, 0.717) is 13.0 Å². The molecule has 6 atom stereocenters. The smallest absolute Gasteiger partial charge is 0.457 e. The van der Waals surface area contributed by atoms with Crippen molar-refractivity contribution < 1.29 is 58.3 Å². The van der Waals surface area contributed by atoms with Crippen LogP contribution in [0.1, 0.15) is 174 Å². The lowest BCUT2D eigenvalue weighted by Crippen LogP contribution is -2.64. The lowest BCUT2D eigenvalue weighted by molar-refractivity contribution is -0.220. The average Bonchev–Trinajstić information content (AvgIpc) is 3.17. The van der Waals surface area contributed by atoms with Gasteiger partial charge in [0.05, 0.1) is 13.2 Å². The molecule has 0 saturated heterocycles. The van der Waals surface area contributed by atoms with Crippen LogP contribution < -0.4 is 0 Å². The molecule has 12 nitrogen and oxygen atoms in total. The molecule has 0 bridgehead atoms. The van der Waals surface area contributed by atoms with Crippen LogP contribution in [0.25, 0.3) is 0 Å². The summed E-state index contributed by atoms with van der Waals surface area (Å²) in [6, 6.07) is 0. The number of aliphatic hydroxyl groups excluding tert-OH is 5. The number of hydrogen-bond acceptors (Lipinski definition) is 11. The van der Waals surface area contributed by atoms with E-state index in [-0.39, 0.29) is 13.0 Å². The summed E-state index contributed by atoms with van der Waals surface area (Å²) in [5, 5.41) is 50.1. The van der Waals surface area contributed by atoms with E-state index < -0.39 is 63.1 Å². The van der Waals surface area contributed by atoms with Gasteiger partial charge < -0.3 is 39.9 Å². The predicted molar refractivity (Wildman–Crippen MR) is 216 cm³/mol. The Bertz CT molecular complexity index is 1010. The molecule has 1 aliphatic rings. The Morgan fingerprint density at radius 3 is 1.55 bits per heavy atom. The standard InChI is InChI=1S/C42H79O12P/c1-3-5-7-9-11-13-15-17-18-19-20-21-23-25-27-29-31-36(43)53-35(33-51-32-30-28-26-24-22-16-14-12-10-8-6-4-2)34-52-55(49,50)54-42-40(47)38(45)37(44)39(46)41(42)48/h13,15,18-19,35,37-42,44-48H,3-12,14,16-17,20-34H2,1-2H3,(H,49,50)/b15-13-,19-18-. The van der Waals surface area contributed by atoms with Gasteiger partial charge in [0.15, 0.2) is 0 Å². The molecule has 0 radical (unpaired) electrons. The second kappa shape index (κ2) is 33.8. The van der Waals surface area contributed by atoms with Crippen molar-refractivity contribution in [3.63, 3.8) is 0 Å². The van der Waals surface area contributed by atoms with Crippen LogP contribution in [0.15, 0.2) is 24.3 Å². The van der Waals surface area contributed by atoms with Crippen molar-refractivity contribution in [2.75, 3.05) is 19.8 Å². The highest BCUT2D eigenvalue weighted by atomic mass is 31.2. The topological polar surface area (TPSA) is 192 Å². The molecule has 55 heavy (non-hydrogen) atoms. The molecule has 324 valence electrons. The first-order chi connectivity index (χ1) is 26.5. The summed E-state index contributed by atoms with van der Waals surface area (Å²) >= 11 is 0. The van der Waals surface area contributed by atoms with E-state index in [4.69, 9.17) is 18.5 Å². The number of carbonyl (C=O) groups is 1. The summed E-state index contributed by atoms with van der Waals surface area (Å²) in [7, 11) is -5.01. The molecule has 0 aromatic heterocycles. The molecule has 1 rings (SSSR count). The number of ether oxygens (including phenoxy) is 2. The summed E-state index contributed by atoms with van der Waals surface area (Å²) in [6.07, 6.45) is 23.9. The van der Waals surface area contributed by atoms with Crippen molar-refractivity contribution in [1.82, 2.24) is 0 Å². The van der Waals surface area contributed by atoms with Crippen LogP contribution in [0.5, 0.6) is 0 Å². The number of allylic oxidation sites excluding steroid dienone is 4. The third-order valence-electron chi connectivity index (χ3n) is 10.1. The zero-order valence-electron chi connectivity index (χ0n) is 34.2. The first-order valence-electron chi connectivity index (χ1n) is 21.7. The molecule has 1 aliphatic carbocycles. The van der Waals surface area contributed by atoms with Crippen molar-refractivity contribution in [3.05, 3.63) is 24.3 Å². The Hall–Kier alpha value is -1.18. The van der Waals surface area contributed by atoms with Crippen molar-refractivity contribution in [3.8, 4) is 0 Å². The van der Waals surface area contributed by atoms with Crippen LogP contribution >= 0.6 is 7.82 Å². The number of phosphoric acid groups is 1. The molecule has 1 fully saturated rings. The number of hydrogen-bond donors (Lipinski definition) is 6. The second-order valence-electron chi connectivity index (χ2n) is 15.2. The SMILES string of the molecule is CCCCCC/C=C\C/C=C\CCCCCCCC(=O)OC(COCCCCCCCCCCCCCC)COP(=O)(O)OC1C(O)C(O)C(O)C(O)C1O. The fourth-order valence-corrected chi connectivity index (χ4v) is 7.53. The van der Waals surface area contributed by atoms with Crippen LogP contribution in [0.3, 0.4) is 0 Å². The van der Waals surface area contributed by atoms with Crippen molar-refractivity contribution >= 4 is 13.8 Å². The fourth-order valence-electron chi connectivity index (χ4n) is 6.56. The highest BCUT2D eigenvalue weighted by molar-refractivity contribution is 7.47. The third kappa shape index (κ3) is 26.4. The van der Waals surface area contributed by atoms with Gasteiger partial charge in [-0.05, 0) is 44.9 Å². The van der Waals surface area contributed by atoms with Gasteiger partial charge in [-0.25, -0.2) is 4.57 Å². The lowest BCUT2D eigenvalue weighted by Gasteiger charge is -2.41. The molecular weight excluding hydrogens is 727 g/mol. The molecule has 0 aromatic carbocycles. The van der Waals surface area contributed by atoms with Crippen LogP contribution in [0.2, 0.25) is 0 Å². The minimum absolute atomic E-state index is 0.0790. The maximum absolute atomic E-state index is 12.8. The molecule has 0 aliphatic heterocycles. The zero-order chi connectivity index (χ0) is 40.6. The van der Waals surface area contributed by atoms with E-state index >= 15 is 0 Å². The van der Waals surface area contributed by atoms with Gasteiger partial charge in [-0.1, -0.05) is 147 Å².